The molecule has 0 spiro atoms. The highest BCUT2D eigenvalue weighted by Crippen LogP contribution is 2.30. The molecule has 24 heavy (non-hydrogen) atoms. The molecule has 0 bridgehead atoms. The van der Waals surface area contributed by atoms with Crippen LogP contribution >= 0.6 is 23.4 Å². The Kier molecular flexibility index (Phi) is 5.36. The zero-order valence-electron chi connectivity index (χ0n) is 13.2. The van der Waals surface area contributed by atoms with Crippen LogP contribution in [0.3, 0.4) is 0 Å². The van der Waals surface area contributed by atoms with Gasteiger partial charge in [0.05, 0.1) is 11.5 Å². The van der Waals surface area contributed by atoms with Gasteiger partial charge in [-0.05, 0) is 37.6 Å². The summed E-state index contributed by atoms with van der Waals surface area (Å²) in [6.45, 7) is 3.00. The largest absolute Gasteiger partial charge is 0.486 e. The third kappa shape index (κ3) is 4.23. The van der Waals surface area contributed by atoms with Gasteiger partial charge in [0, 0.05) is 16.8 Å². The third-order valence-corrected chi connectivity index (χ3v) is 7.23. The van der Waals surface area contributed by atoms with Gasteiger partial charge in [-0.2, -0.15) is 0 Å². The van der Waals surface area contributed by atoms with Crippen LogP contribution in [-0.4, -0.2) is 39.9 Å². The molecule has 0 saturated carbocycles. The molecule has 0 aliphatic carbocycles. The van der Waals surface area contributed by atoms with Gasteiger partial charge in [-0.1, -0.05) is 23.4 Å². The number of thioether (sulfide) groups is 1. The number of aromatic nitrogens is 3. The Morgan fingerprint density at radius 3 is 2.71 bits per heavy atom. The molecule has 6 nitrogen and oxygen atoms in total. The van der Waals surface area contributed by atoms with E-state index in [9.17, 15) is 8.42 Å². The van der Waals surface area contributed by atoms with Crippen LogP contribution in [0.15, 0.2) is 29.4 Å². The Labute approximate surface area is 150 Å². The molecule has 1 unspecified atom stereocenters. The zero-order valence-corrected chi connectivity index (χ0v) is 15.6. The molecular weight excluding hydrogens is 370 g/mol. The van der Waals surface area contributed by atoms with Crippen LogP contribution in [0.1, 0.15) is 19.2 Å². The molecule has 1 atom stereocenters. The molecule has 1 aliphatic rings. The molecule has 1 fully saturated rings. The van der Waals surface area contributed by atoms with Crippen molar-refractivity contribution in [3.05, 3.63) is 35.1 Å². The van der Waals surface area contributed by atoms with Crippen molar-refractivity contribution >= 4 is 33.2 Å². The van der Waals surface area contributed by atoms with E-state index in [4.69, 9.17) is 16.3 Å². The quantitative estimate of drug-likeness (QED) is 0.758. The van der Waals surface area contributed by atoms with Crippen molar-refractivity contribution in [1.82, 2.24) is 14.8 Å². The Hall–Kier alpha value is -1.25. The summed E-state index contributed by atoms with van der Waals surface area (Å²) in [5.41, 5.74) is 0. The first-order chi connectivity index (χ1) is 11.5. The molecule has 0 radical (unpaired) electrons. The summed E-state index contributed by atoms with van der Waals surface area (Å²) < 4.78 is 30.9. The second-order valence-electron chi connectivity index (χ2n) is 5.53. The Morgan fingerprint density at radius 2 is 2.08 bits per heavy atom. The van der Waals surface area contributed by atoms with E-state index in [1.807, 2.05) is 11.5 Å². The van der Waals surface area contributed by atoms with Crippen molar-refractivity contribution in [3.63, 3.8) is 0 Å². The lowest BCUT2D eigenvalue weighted by Crippen LogP contribution is -2.10. The molecule has 0 N–H and O–H groups in total. The molecule has 1 aromatic carbocycles. The van der Waals surface area contributed by atoms with Crippen molar-refractivity contribution in [2.24, 2.45) is 0 Å². The van der Waals surface area contributed by atoms with E-state index < -0.39 is 9.84 Å². The van der Waals surface area contributed by atoms with Crippen LogP contribution in [-0.2, 0) is 23.0 Å². The van der Waals surface area contributed by atoms with Crippen LogP contribution in [0.2, 0.25) is 5.02 Å². The maximum atomic E-state index is 11.6. The molecule has 130 valence electrons. The van der Waals surface area contributed by atoms with Gasteiger partial charge in [-0.15, -0.1) is 10.2 Å². The van der Waals surface area contributed by atoms with Crippen LogP contribution in [0.5, 0.6) is 5.75 Å². The average molecular weight is 388 g/mol. The number of rotatable bonds is 6. The second kappa shape index (κ2) is 7.33. The maximum Gasteiger partial charge on any atom is 0.191 e. The maximum absolute atomic E-state index is 11.6. The highest BCUT2D eigenvalue weighted by atomic mass is 35.5. The summed E-state index contributed by atoms with van der Waals surface area (Å²) in [5.74, 6) is 1.90. The fourth-order valence-electron chi connectivity index (χ4n) is 2.51. The van der Waals surface area contributed by atoms with Crippen LogP contribution < -0.4 is 4.74 Å². The average Bonchev–Trinajstić information content (AvgIpc) is 3.09. The molecule has 1 aromatic heterocycles. The van der Waals surface area contributed by atoms with Crippen molar-refractivity contribution < 1.29 is 13.2 Å². The van der Waals surface area contributed by atoms with Crippen molar-refractivity contribution in [1.29, 1.82) is 0 Å². The first-order valence-electron chi connectivity index (χ1n) is 7.64. The first-order valence-corrected chi connectivity index (χ1v) is 10.7. The van der Waals surface area contributed by atoms with Crippen LogP contribution in [0, 0.1) is 0 Å². The van der Waals surface area contributed by atoms with Gasteiger partial charge in [0.1, 0.15) is 12.4 Å². The van der Waals surface area contributed by atoms with Gasteiger partial charge < -0.3 is 9.30 Å². The summed E-state index contributed by atoms with van der Waals surface area (Å²) in [4.78, 5) is 0. The summed E-state index contributed by atoms with van der Waals surface area (Å²) in [5, 5.41) is 9.85. The molecule has 3 rings (SSSR count). The number of hydrogen-bond acceptors (Lipinski definition) is 6. The lowest BCUT2D eigenvalue weighted by atomic mass is 10.3. The van der Waals surface area contributed by atoms with E-state index in [-0.39, 0.29) is 16.8 Å². The molecule has 9 heteroatoms. The Morgan fingerprint density at radius 1 is 1.33 bits per heavy atom. The van der Waals surface area contributed by atoms with Crippen molar-refractivity contribution in [3.8, 4) is 5.75 Å². The van der Waals surface area contributed by atoms with Gasteiger partial charge in [0.25, 0.3) is 0 Å². The number of hydrogen-bond donors (Lipinski definition) is 0. The van der Waals surface area contributed by atoms with Crippen molar-refractivity contribution in [2.45, 2.75) is 36.9 Å². The normalized spacial score (nSPS) is 19.5. The van der Waals surface area contributed by atoms with E-state index in [0.29, 0.717) is 30.3 Å². The predicted molar refractivity (Wildman–Crippen MR) is 94.4 cm³/mol. The number of ether oxygens (including phenoxy) is 1. The molecule has 2 aromatic rings. The van der Waals surface area contributed by atoms with E-state index in [0.717, 1.165) is 11.0 Å². The Bertz CT molecular complexity index is 806. The van der Waals surface area contributed by atoms with Crippen LogP contribution in [0.4, 0.5) is 0 Å². The molecule has 1 aliphatic heterocycles. The number of nitrogens with zero attached hydrogens (tertiary/aromatic N) is 3. The standard InChI is InChI=1S/C15H18ClN3O3S2/c1-2-19-14(9-22-12-5-3-11(16)4-6-12)17-18-15(19)23-13-7-8-24(20,21)10-13/h3-6,13H,2,7-10H2,1H3. The topological polar surface area (TPSA) is 74.1 Å². The molecule has 1 saturated heterocycles. The zero-order chi connectivity index (χ0) is 17.2. The fourth-order valence-corrected chi connectivity index (χ4v) is 6.21. The van der Waals surface area contributed by atoms with Crippen molar-refractivity contribution in [2.75, 3.05) is 11.5 Å². The second-order valence-corrected chi connectivity index (χ2v) is 9.46. The number of sulfone groups is 1. The minimum atomic E-state index is -2.89. The number of benzene rings is 1. The predicted octanol–water partition coefficient (Wildman–Crippen LogP) is 2.81. The third-order valence-electron chi connectivity index (χ3n) is 3.75. The molecule has 2 heterocycles. The van der Waals surface area contributed by atoms with Gasteiger partial charge in [0.15, 0.2) is 20.8 Å². The number of halogens is 1. The summed E-state index contributed by atoms with van der Waals surface area (Å²) in [7, 11) is -2.89. The van der Waals surface area contributed by atoms with E-state index in [1.165, 1.54) is 11.8 Å². The summed E-state index contributed by atoms with van der Waals surface area (Å²) in [6, 6.07) is 7.13. The Balaban J connectivity index is 1.66. The fraction of sp³-hybridized carbons (Fsp3) is 0.467. The minimum Gasteiger partial charge on any atom is -0.486 e. The van der Waals surface area contributed by atoms with Gasteiger partial charge >= 0.3 is 0 Å². The smallest absolute Gasteiger partial charge is 0.191 e. The lowest BCUT2D eigenvalue weighted by molar-refractivity contribution is 0.288. The SMILES string of the molecule is CCn1c(COc2ccc(Cl)cc2)nnc1SC1CCS(=O)(=O)C1. The summed E-state index contributed by atoms with van der Waals surface area (Å²) >= 11 is 7.34. The highest BCUT2D eigenvalue weighted by Gasteiger charge is 2.30. The van der Waals surface area contributed by atoms with Crippen LogP contribution in [0.25, 0.3) is 0 Å². The van der Waals surface area contributed by atoms with Gasteiger partial charge in [-0.3, -0.25) is 0 Å². The molecular formula is C15H18ClN3O3S2. The van der Waals surface area contributed by atoms with E-state index in [1.54, 1.807) is 24.3 Å². The summed E-state index contributed by atoms with van der Waals surface area (Å²) in [6.07, 6.45) is 0.667. The molecule has 0 amide bonds. The van der Waals surface area contributed by atoms with Gasteiger partial charge in [0.2, 0.25) is 0 Å². The van der Waals surface area contributed by atoms with Gasteiger partial charge in [-0.25, -0.2) is 8.42 Å². The minimum absolute atomic E-state index is 0.0505. The highest BCUT2D eigenvalue weighted by molar-refractivity contribution is 8.01. The monoisotopic (exact) mass is 387 g/mol. The van der Waals surface area contributed by atoms with E-state index in [2.05, 4.69) is 10.2 Å². The van der Waals surface area contributed by atoms with E-state index >= 15 is 0 Å². The lowest BCUT2D eigenvalue weighted by Gasteiger charge is -2.10. The first kappa shape index (κ1) is 17.6.